The number of benzene rings is 6. The number of hydrogen-bond donors (Lipinski definition) is 0. The second-order valence-corrected chi connectivity index (χ2v) is 9.88. The molecule has 6 rings (SSSR count). The van der Waals surface area contributed by atoms with E-state index >= 15 is 0 Å². The third kappa shape index (κ3) is 5.59. The van der Waals surface area contributed by atoms with E-state index in [4.69, 9.17) is 4.99 Å². The Labute approximate surface area is 240 Å². The number of amidine groups is 1. The molecule has 0 N–H and O–H groups in total. The highest BCUT2D eigenvalue weighted by molar-refractivity contribution is 6.01. The van der Waals surface area contributed by atoms with Crippen LogP contribution >= 0.6 is 0 Å². The highest BCUT2D eigenvalue weighted by Crippen LogP contribution is 2.37. The van der Waals surface area contributed by atoms with Crippen LogP contribution in [0, 0.1) is 11.3 Å². The van der Waals surface area contributed by atoms with Gasteiger partial charge in [0.15, 0.2) is 5.84 Å². The lowest BCUT2D eigenvalue weighted by Gasteiger charge is -2.14. The summed E-state index contributed by atoms with van der Waals surface area (Å²) in [7, 11) is 0. The van der Waals surface area contributed by atoms with E-state index < -0.39 is 0 Å². The molecule has 6 aromatic rings. The minimum absolute atomic E-state index is 0.530. The van der Waals surface area contributed by atoms with Crippen LogP contribution in [0.2, 0.25) is 0 Å². The molecule has 0 bridgehead atoms. The third-order valence-electron chi connectivity index (χ3n) is 7.26. The van der Waals surface area contributed by atoms with Gasteiger partial charge in [0.25, 0.3) is 0 Å². The summed E-state index contributed by atoms with van der Waals surface area (Å²) in [4.78, 5) is 8.84. The van der Waals surface area contributed by atoms with Gasteiger partial charge in [0.05, 0.1) is 18.2 Å². The van der Waals surface area contributed by atoms with Crippen molar-refractivity contribution >= 4 is 23.3 Å². The largest absolute Gasteiger partial charge is 0.261 e. The van der Waals surface area contributed by atoms with E-state index in [0.717, 1.165) is 33.4 Å². The molecule has 0 aliphatic heterocycles. The molecule has 0 aliphatic rings. The van der Waals surface area contributed by atoms with E-state index in [1.54, 1.807) is 0 Å². The molecule has 6 aromatic carbocycles. The molecule has 0 aliphatic carbocycles. The van der Waals surface area contributed by atoms with Crippen LogP contribution in [0.4, 0.5) is 0 Å². The van der Waals surface area contributed by atoms with Gasteiger partial charge in [0.2, 0.25) is 0 Å². The van der Waals surface area contributed by atoms with Crippen molar-refractivity contribution in [2.24, 2.45) is 9.98 Å². The Morgan fingerprint density at radius 3 is 1.78 bits per heavy atom. The van der Waals surface area contributed by atoms with E-state index in [1.165, 1.54) is 21.9 Å². The zero-order chi connectivity index (χ0) is 28.0. The minimum atomic E-state index is 0.530. The molecule has 0 saturated heterocycles. The molecule has 0 radical (unpaired) electrons. The summed E-state index contributed by atoms with van der Waals surface area (Å²) in [6, 6.07) is 50.1. The second-order valence-electron chi connectivity index (χ2n) is 9.88. The van der Waals surface area contributed by atoms with Gasteiger partial charge >= 0.3 is 0 Å². The second kappa shape index (κ2) is 11.7. The molecular weight excluding hydrogens is 498 g/mol. The monoisotopic (exact) mass is 525 g/mol. The summed E-state index contributed by atoms with van der Waals surface area (Å²) < 4.78 is 0. The van der Waals surface area contributed by atoms with Crippen LogP contribution in [-0.2, 0) is 6.54 Å². The van der Waals surface area contributed by atoms with Gasteiger partial charge in [-0.05, 0) is 80.7 Å². The van der Waals surface area contributed by atoms with Gasteiger partial charge in [-0.15, -0.1) is 0 Å². The summed E-state index contributed by atoms with van der Waals surface area (Å²) in [5.41, 5.74) is 9.50. The summed E-state index contributed by atoms with van der Waals surface area (Å²) in [5.74, 6) is 0.647. The highest BCUT2D eigenvalue weighted by atomic mass is 14.9. The molecule has 0 unspecified atom stereocenters. The average Bonchev–Trinajstić information content (AvgIpc) is 3.05. The van der Waals surface area contributed by atoms with E-state index in [2.05, 4.69) is 103 Å². The number of nitrogens with zero attached hydrogens (tertiary/aromatic N) is 3. The fraction of sp³-hybridized carbons (Fsp3) is 0.0263. The number of nitriles is 1. The van der Waals surface area contributed by atoms with Crippen molar-refractivity contribution in [3.63, 3.8) is 0 Å². The van der Waals surface area contributed by atoms with Gasteiger partial charge in [-0.3, -0.25) is 4.99 Å². The number of fused-ring (bicyclic) bond motifs is 1. The van der Waals surface area contributed by atoms with E-state index in [1.807, 2.05) is 54.6 Å². The lowest BCUT2D eigenvalue weighted by Crippen LogP contribution is -1.97. The number of aliphatic imine (C=N–C) groups is 2. The zero-order valence-electron chi connectivity index (χ0n) is 22.5. The van der Waals surface area contributed by atoms with Crippen molar-refractivity contribution in [3.05, 3.63) is 156 Å². The van der Waals surface area contributed by atoms with Crippen LogP contribution in [0.5, 0.6) is 0 Å². The lowest BCUT2D eigenvalue weighted by molar-refractivity contribution is 1.06. The van der Waals surface area contributed by atoms with Crippen molar-refractivity contribution < 1.29 is 0 Å². The van der Waals surface area contributed by atoms with Crippen LogP contribution in [0.1, 0.15) is 16.7 Å². The SMILES string of the molecule is C=NC(=NCc1ccc(-c2cc3ccccc3cc2-c2ccc(-c3cccc(C#N)c3)cc2)cc1)c1ccccc1. The highest BCUT2D eigenvalue weighted by Gasteiger charge is 2.11. The summed E-state index contributed by atoms with van der Waals surface area (Å²) in [5, 5.41) is 11.7. The predicted octanol–water partition coefficient (Wildman–Crippen LogP) is 9.36. The molecule has 41 heavy (non-hydrogen) atoms. The van der Waals surface area contributed by atoms with Crippen molar-refractivity contribution in [2.75, 3.05) is 0 Å². The van der Waals surface area contributed by atoms with E-state index in [-0.39, 0.29) is 0 Å². The van der Waals surface area contributed by atoms with Crippen LogP contribution < -0.4 is 0 Å². The first-order valence-corrected chi connectivity index (χ1v) is 13.5. The molecule has 194 valence electrons. The first-order chi connectivity index (χ1) is 20.2. The van der Waals surface area contributed by atoms with Gasteiger partial charge in [-0.25, -0.2) is 4.99 Å². The topological polar surface area (TPSA) is 48.5 Å². The molecule has 0 aromatic heterocycles. The first kappa shape index (κ1) is 25.7. The maximum absolute atomic E-state index is 9.29. The molecular formula is C38H27N3. The van der Waals surface area contributed by atoms with Crippen LogP contribution in [0.15, 0.2) is 150 Å². The molecule has 0 saturated carbocycles. The first-order valence-electron chi connectivity index (χ1n) is 13.5. The van der Waals surface area contributed by atoms with Crippen molar-refractivity contribution in [1.82, 2.24) is 0 Å². The van der Waals surface area contributed by atoms with E-state index in [9.17, 15) is 5.26 Å². The van der Waals surface area contributed by atoms with Crippen LogP contribution in [-0.4, -0.2) is 12.6 Å². The third-order valence-corrected chi connectivity index (χ3v) is 7.26. The Bertz CT molecular complexity index is 1910. The van der Waals surface area contributed by atoms with Crippen LogP contribution in [0.25, 0.3) is 44.2 Å². The van der Waals surface area contributed by atoms with Gasteiger partial charge < -0.3 is 0 Å². The number of rotatable bonds is 6. The maximum atomic E-state index is 9.29. The Balaban J connectivity index is 1.34. The summed E-state index contributed by atoms with van der Waals surface area (Å²) >= 11 is 0. The van der Waals surface area contributed by atoms with Crippen molar-refractivity contribution in [2.45, 2.75) is 6.54 Å². The van der Waals surface area contributed by atoms with E-state index in [0.29, 0.717) is 17.9 Å². The minimum Gasteiger partial charge on any atom is -0.261 e. The Kier molecular flexibility index (Phi) is 7.30. The van der Waals surface area contributed by atoms with Gasteiger partial charge in [-0.2, -0.15) is 5.26 Å². The van der Waals surface area contributed by atoms with Gasteiger partial charge in [0, 0.05) is 5.56 Å². The van der Waals surface area contributed by atoms with Gasteiger partial charge in [0.1, 0.15) is 0 Å². The zero-order valence-corrected chi connectivity index (χ0v) is 22.5. The smallest absolute Gasteiger partial charge is 0.154 e. The Morgan fingerprint density at radius 1 is 0.585 bits per heavy atom. The van der Waals surface area contributed by atoms with Crippen molar-refractivity contribution in [1.29, 1.82) is 5.26 Å². The molecule has 3 heteroatoms. The fourth-order valence-electron chi connectivity index (χ4n) is 5.10. The molecule has 0 atom stereocenters. The molecule has 0 heterocycles. The van der Waals surface area contributed by atoms with Gasteiger partial charge in [-0.1, -0.05) is 115 Å². The quantitative estimate of drug-likeness (QED) is 0.158. The molecule has 3 nitrogen and oxygen atoms in total. The summed E-state index contributed by atoms with van der Waals surface area (Å²) in [6.45, 7) is 4.23. The molecule has 0 spiro atoms. The average molecular weight is 526 g/mol. The summed E-state index contributed by atoms with van der Waals surface area (Å²) in [6.07, 6.45) is 0. The molecule has 0 amide bonds. The van der Waals surface area contributed by atoms with Crippen molar-refractivity contribution in [3.8, 4) is 39.4 Å². The standard InChI is InChI=1S/C38H27N3/c1-40-38(32-9-3-2-4-10-32)41-26-27-14-16-30(17-15-27)36-23-34-11-5-6-12-35(34)24-37(36)31-20-18-29(19-21-31)33-13-7-8-28(22-33)25-39/h2-24H,1,26H2. The molecule has 0 fully saturated rings. The Morgan fingerprint density at radius 2 is 1.17 bits per heavy atom. The maximum Gasteiger partial charge on any atom is 0.154 e. The Hall–Kier alpha value is -5.59. The lowest BCUT2D eigenvalue weighted by atomic mass is 9.90. The normalized spacial score (nSPS) is 11.2. The van der Waals surface area contributed by atoms with Crippen LogP contribution in [0.3, 0.4) is 0 Å². The number of hydrogen-bond acceptors (Lipinski definition) is 2. The fourth-order valence-corrected chi connectivity index (χ4v) is 5.10. The predicted molar refractivity (Wildman–Crippen MR) is 171 cm³/mol.